The molecule has 0 aliphatic carbocycles. The van der Waals surface area contributed by atoms with Gasteiger partial charge in [-0.15, -0.1) is 0 Å². The van der Waals surface area contributed by atoms with Crippen molar-refractivity contribution in [3.05, 3.63) is 137 Å². The Hall–Kier alpha value is -4.35. The molecule has 1 amide bonds. The van der Waals surface area contributed by atoms with Gasteiger partial charge < -0.3 is 10.1 Å². The average Bonchev–Trinajstić information content (AvgIpc) is 3.39. The van der Waals surface area contributed by atoms with Gasteiger partial charge in [-0.25, -0.2) is 4.68 Å². The lowest BCUT2D eigenvalue weighted by atomic mass is 9.98. The highest BCUT2D eigenvalue weighted by molar-refractivity contribution is 6.30. The summed E-state index contributed by atoms with van der Waals surface area (Å²) in [4.78, 5) is 13.8. The van der Waals surface area contributed by atoms with Crippen molar-refractivity contribution in [2.75, 3.05) is 7.11 Å². The van der Waals surface area contributed by atoms with Crippen molar-refractivity contribution < 1.29 is 9.53 Å². The van der Waals surface area contributed by atoms with Gasteiger partial charge in [-0.2, -0.15) is 5.10 Å². The lowest BCUT2D eigenvalue weighted by molar-refractivity contribution is 0.0935. The van der Waals surface area contributed by atoms with Crippen molar-refractivity contribution in [1.29, 1.82) is 0 Å². The van der Waals surface area contributed by atoms with Gasteiger partial charge >= 0.3 is 0 Å². The van der Waals surface area contributed by atoms with Crippen LogP contribution in [0.3, 0.4) is 0 Å². The highest BCUT2D eigenvalue weighted by Crippen LogP contribution is 2.27. The van der Waals surface area contributed by atoms with Gasteiger partial charge in [0.15, 0.2) is 0 Å². The monoisotopic (exact) mass is 493 g/mol. The van der Waals surface area contributed by atoms with Crippen LogP contribution < -0.4 is 10.1 Å². The van der Waals surface area contributed by atoms with Crippen molar-refractivity contribution >= 4 is 17.5 Å². The summed E-state index contributed by atoms with van der Waals surface area (Å²) in [7, 11) is 1.62. The van der Waals surface area contributed by atoms with Crippen molar-refractivity contribution in [1.82, 2.24) is 15.1 Å². The van der Waals surface area contributed by atoms with Gasteiger partial charge in [0.05, 0.1) is 24.5 Å². The van der Waals surface area contributed by atoms with Gasteiger partial charge in [-0.1, -0.05) is 90.5 Å². The number of ether oxygens (including phenoxy) is 1. The van der Waals surface area contributed by atoms with E-state index >= 15 is 0 Å². The van der Waals surface area contributed by atoms with E-state index in [0.29, 0.717) is 27.8 Å². The number of benzene rings is 4. The summed E-state index contributed by atoms with van der Waals surface area (Å²) in [5, 5.41) is 8.56. The van der Waals surface area contributed by atoms with E-state index < -0.39 is 0 Å². The maximum Gasteiger partial charge on any atom is 0.270 e. The van der Waals surface area contributed by atoms with Gasteiger partial charge in [0.2, 0.25) is 0 Å². The molecule has 5 nitrogen and oxygen atoms in total. The number of nitrogens with one attached hydrogen (secondary N) is 1. The number of nitrogens with zero attached hydrogens (tertiary/aromatic N) is 2. The van der Waals surface area contributed by atoms with Crippen molar-refractivity contribution in [2.24, 2.45) is 0 Å². The van der Waals surface area contributed by atoms with Gasteiger partial charge in [-0.3, -0.25) is 4.79 Å². The third kappa shape index (κ3) is 5.02. The number of carbonyl (C=O) groups is 1. The Kier molecular flexibility index (Phi) is 6.83. The molecule has 0 spiro atoms. The van der Waals surface area contributed by atoms with Crippen LogP contribution in [0.15, 0.2) is 115 Å². The number of amides is 1. The minimum Gasteiger partial charge on any atom is -0.497 e. The maximum absolute atomic E-state index is 13.8. The summed E-state index contributed by atoms with van der Waals surface area (Å²) in [5.41, 5.74) is 4.55. The van der Waals surface area contributed by atoms with Crippen LogP contribution in [0.2, 0.25) is 5.02 Å². The third-order valence-electron chi connectivity index (χ3n) is 5.90. The second-order valence-electron chi connectivity index (χ2n) is 8.27. The lowest BCUT2D eigenvalue weighted by Gasteiger charge is -2.20. The van der Waals surface area contributed by atoms with Crippen LogP contribution in [0.5, 0.6) is 5.75 Å². The van der Waals surface area contributed by atoms with Crippen LogP contribution >= 0.6 is 11.6 Å². The Morgan fingerprint density at radius 3 is 2.14 bits per heavy atom. The Morgan fingerprint density at radius 2 is 1.50 bits per heavy atom. The van der Waals surface area contributed by atoms with Gasteiger partial charge in [0, 0.05) is 10.6 Å². The number of rotatable bonds is 7. The second kappa shape index (κ2) is 10.5. The first kappa shape index (κ1) is 23.4. The van der Waals surface area contributed by atoms with Gasteiger partial charge in [0.1, 0.15) is 11.4 Å². The second-order valence-corrected chi connectivity index (χ2v) is 8.70. The number of halogens is 1. The summed E-state index contributed by atoms with van der Waals surface area (Å²) in [6.45, 7) is 0. The first-order chi connectivity index (χ1) is 17.6. The van der Waals surface area contributed by atoms with E-state index in [1.165, 1.54) is 0 Å². The van der Waals surface area contributed by atoms with Crippen LogP contribution in [0, 0.1) is 0 Å². The van der Waals surface area contributed by atoms with E-state index in [1.54, 1.807) is 30.0 Å². The van der Waals surface area contributed by atoms with Crippen LogP contribution in [-0.4, -0.2) is 22.8 Å². The van der Waals surface area contributed by atoms with Crippen LogP contribution in [0.4, 0.5) is 0 Å². The van der Waals surface area contributed by atoms with Crippen LogP contribution in [-0.2, 0) is 0 Å². The smallest absolute Gasteiger partial charge is 0.270 e. The minimum atomic E-state index is -0.331. The largest absolute Gasteiger partial charge is 0.497 e. The number of aromatic nitrogens is 2. The quantitative estimate of drug-likeness (QED) is 0.274. The molecule has 6 heteroatoms. The van der Waals surface area contributed by atoms with E-state index in [1.807, 2.05) is 97.1 Å². The first-order valence-electron chi connectivity index (χ1n) is 11.5. The van der Waals surface area contributed by atoms with Crippen LogP contribution in [0.1, 0.15) is 27.7 Å². The van der Waals surface area contributed by atoms with E-state index in [2.05, 4.69) is 5.32 Å². The molecule has 0 unspecified atom stereocenters. The molecule has 0 radical (unpaired) electrons. The first-order valence-corrected chi connectivity index (χ1v) is 11.9. The molecule has 0 bridgehead atoms. The summed E-state index contributed by atoms with van der Waals surface area (Å²) in [6.07, 6.45) is 0. The lowest BCUT2D eigenvalue weighted by Crippen LogP contribution is -2.31. The minimum absolute atomic E-state index is 0.255. The molecule has 178 valence electrons. The zero-order chi connectivity index (χ0) is 24.9. The molecular formula is C30H24ClN3O2. The molecule has 36 heavy (non-hydrogen) atoms. The van der Waals surface area contributed by atoms with E-state index in [-0.39, 0.29) is 11.9 Å². The van der Waals surface area contributed by atoms with Gasteiger partial charge in [-0.05, 0) is 47.5 Å². The predicted molar refractivity (Wildman–Crippen MR) is 143 cm³/mol. The molecule has 5 rings (SSSR count). The topological polar surface area (TPSA) is 56.1 Å². The number of carbonyl (C=O) groups excluding carboxylic acids is 1. The summed E-state index contributed by atoms with van der Waals surface area (Å²) >= 11 is 6.28. The Balaban J connectivity index is 1.58. The third-order valence-corrected chi connectivity index (χ3v) is 6.14. The molecular weight excluding hydrogens is 470 g/mol. The number of hydrogen-bond acceptors (Lipinski definition) is 3. The van der Waals surface area contributed by atoms with Crippen molar-refractivity contribution in [3.63, 3.8) is 0 Å². The summed E-state index contributed by atoms with van der Waals surface area (Å²) < 4.78 is 7.01. The Labute approximate surface area is 214 Å². The zero-order valence-electron chi connectivity index (χ0n) is 19.6. The molecule has 1 N–H and O–H groups in total. The fourth-order valence-electron chi connectivity index (χ4n) is 4.13. The highest BCUT2D eigenvalue weighted by Gasteiger charge is 2.23. The SMILES string of the molecule is COc1cccc(-c2cc(C(=O)NC(c3ccccc3)c3ccccc3)n(-c3cccc(Cl)c3)n2)c1. The molecule has 5 aromatic rings. The standard InChI is InChI=1S/C30H24ClN3O2/c1-36-26-17-8-14-23(18-26)27-20-28(34(33-27)25-16-9-15-24(31)19-25)30(35)32-29(21-10-4-2-5-11-21)22-12-6-3-7-13-22/h2-20,29H,1H3,(H,32,35). The van der Waals surface area contributed by atoms with E-state index in [0.717, 1.165) is 16.7 Å². The molecule has 0 aliphatic heterocycles. The highest BCUT2D eigenvalue weighted by atomic mass is 35.5. The molecule has 0 fully saturated rings. The molecule has 1 aromatic heterocycles. The molecule has 0 saturated carbocycles. The number of hydrogen-bond donors (Lipinski definition) is 1. The van der Waals surface area contributed by atoms with E-state index in [4.69, 9.17) is 21.4 Å². The fourth-order valence-corrected chi connectivity index (χ4v) is 4.31. The Bertz CT molecular complexity index is 1440. The summed E-state index contributed by atoms with van der Waals surface area (Å²) in [6, 6.07) is 36.2. The molecule has 0 atom stereocenters. The average molecular weight is 494 g/mol. The zero-order valence-corrected chi connectivity index (χ0v) is 20.4. The summed E-state index contributed by atoms with van der Waals surface area (Å²) in [5.74, 6) is 0.457. The molecule has 1 heterocycles. The van der Waals surface area contributed by atoms with Crippen LogP contribution in [0.25, 0.3) is 16.9 Å². The van der Waals surface area contributed by atoms with Crippen molar-refractivity contribution in [2.45, 2.75) is 6.04 Å². The normalized spacial score (nSPS) is 10.9. The van der Waals surface area contributed by atoms with Gasteiger partial charge in [0.25, 0.3) is 5.91 Å². The van der Waals surface area contributed by atoms with Crippen molar-refractivity contribution in [3.8, 4) is 22.7 Å². The molecule has 0 aliphatic rings. The Morgan fingerprint density at radius 1 is 0.833 bits per heavy atom. The molecule has 0 saturated heterocycles. The number of methoxy groups -OCH3 is 1. The fraction of sp³-hybridized carbons (Fsp3) is 0.0667. The maximum atomic E-state index is 13.8. The van der Waals surface area contributed by atoms with E-state index in [9.17, 15) is 4.79 Å². The molecule has 4 aromatic carbocycles. The predicted octanol–water partition coefficient (Wildman–Crippen LogP) is 6.72.